The van der Waals surface area contributed by atoms with Gasteiger partial charge in [0.1, 0.15) is 11.5 Å². The molecule has 8 heteroatoms. The van der Waals surface area contributed by atoms with Crippen molar-refractivity contribution >= 4 is 12.4 Å². The minimum Gasteiger partial charge on any atom is -0.491 e. The van der Waals surface area contributed by atoms with Gasteiger partial charge in [0.15, 0.2) is 6.61 Å². The van der Waals surface area contributed by atoms with E-state index >= 15 is 0 Å². The molecule has 2 heterocycles. The van der Waals surface area contributed by atoms with E-state index in [1.807, 2.05) is 32.0 Å². The predicted octanol–water partition coefficient (Wildman–Crippen LogP) is 6.20. The lowest BCUT2D eigenvalue weighted by molar-refractivity contribution is -0.153. The van der Waals surface area contributed by atoms with Gasteiger partial charge in [-0.05, 0) is 63.4 Å². The van der Waals surface area contributed by atoms with Crippen LogP contribution in [0.2, 0.25) is 0 Å². The van der Waals surface area contributed by atoms with E-state index in [1.165, 1.54) is 11.6 Å². The minimum atomic E-state index is -4.38. The number of hydrogen-bond acceptors (Lipinski definition) is 4. The fourth-order valence-electron chi connectivity index (χ4n) is 4.87. The highest BCUT2D eigenvalue weighted by molar-refractivity contribution is 5.85. The predicted molar refractivity (Wildman–Crippen MR) is 123 cm³/mol. The van der Waals surface area contributed by atoms with Crippen LogP contribution in [0.5, 0.6) is 11.5 Å². The molecule has 0 amide bonds. The Morgan fingerprint density at radius 2 is 1.91 bits per heavy atom. The zero-order chi connectivity index (χ0) is 22.8. The van der Waals surface area contributed by atoms with Crippen LogP contribution in [0.25, 0.3) is 0 Å². The molecular weight excluding hydrogens is 455 g/mol. The first kappa shape index (κ1) is 25.7. The van der Waals surface area contributed by atoms with Gasteiger partial charge in [-0.25, -0.2) is 0 Å². The van der Waals surface area contributed by atoms with Gasteiger partial charge in [-0.1, -0.05) is 30.3 Å². The first-order chi connectivity index (χ1) is 15.3. The Kier molecular flexibility index (Phi) is 8.19. The summed E-state index contributed by atoms with van der Waals surface area (Å²) in [5.74, 6) is 0.866. The maximum atomic E-state index is 12.7. The molecule has 4 rings (SSSR count). The lowest BCUT2D eigenvalue weighted by Gasteiger charge is -2.41. The van der Waals surface area contributed by atoms with Crippen LogP contribution in [0, 0.1) is 0 Å². The summed E-state index contributed by atoms with van der Waals surface area (Å²) < 4.78 is 55.5. The molecule has 0 saturated carbocycles. The van der Waals surface area contributed by atoms with Crippen molar-refractivity contribution in [2.45, 2.75) is 63.0 Å². The maximum absolute atomic E-state index is 12.7. The second-order valence-electron chi connectivity index (χ2n) is 8.95. The molecule has 2 aromatic rings. The van der Waals surface area contributed by atoms with Gasteiger partial charge in [0.2, 0.25) is 0 Å². The van der Waals surface area contributed by atoms with Crippen LogP contribution < -0.4 is 14.8 Å². The van der Waals surface area contributed by atoms with Crippen molar-refractivity contribution in [1.29, 1.82) is 0 Å². The number of piperidine rings is 1. The van der Waals surface area contributed by atoms with E-state index < -0.39 is 12.8 Å². The quantitative estimate of drug-likeness (QED) is 0.528. The molecule has 3 atom stereocenters. The lowest BCUT2D eigenvalue weighted by atomic mass is 9.77. The zero-order valence-electron chi connectivity index (χ0n) is 18.9. The van der Waals surface area contributed by atoms with Gasteiger partial charge in [-0.2, -0.15) is 13.2 Å². The molecular formula is C25H31ClF3NO3. The summed E-state index contributed by atoms with van der Waals surface area (Å²) in [5.41, 5.74) is 1.67. The Morgan fingerprint density at radius 1 is 1.15 bits per heavy atom. The molecule has 4 nitrogen and oxygen atoms in total. The largest absolute Gasteiger partial charge is 0.491 e. The van der Waals surface area contributed by atoms with Crippen molar-refractivity contribution < 1.29 is 27.4 Å². The first-order valence-corrected chi connectivity index (χ1v) is 11.2. The van der Waals surface area contributed by atoms with Crippen molar-refractivity contribution in [3.63, 3.8) is 0 Å². The normalized spacial score (nSPS) is 25.2. The van der Waals surface area contributed by atoms with Crippen LogP contribution in [-0.4, -0.2) is 37.6 Å². The van der Waals surface area contributed by atoms with Crippen LogP contribution in [-0.2, 0) is 4.74 Å². The van der Waals surface area contributed by atoms with Crippen molar-refractivity contribution in [3.05, 3.63) is 59.7 Å². The fraction of sp³-hybridized carbons (Fsp3) is 0.520. The Morgan fingerprint density at radius 3 is 2.61 bits per heavy atom. The van der Waals surface area contributed by atoms with E-state index in [1.54, 1.807) is 12.1 Å². The molecule has 1 spiro atoms. The fourth-order valence-corrected chi connectivity index (χ4v) is 4.87. The first-order valence-electron chi connectivity index (χ1n) is 11.2. The van der Waals surface area contributed by atoms with Crippen molar-refractivity contribution in [2.24, 2.45) is 0 Å². The van der Waals surface area contributed by atoms with Crippen molar-refractivity contribution in [3.8, 4) is 11.5 Å². The Hall–Kier alpha value is -1.96. The van der Waals surface area contributed by atoms with Gasteiger partial charge in [-0.15, -0.1) is 12.4 Å². The molecule has 0 aliphatic carbocycles. The van der Waals surface area contributed by atoms with Crippen LogP contribution in [0.3, 0.4) is 0 Å². The van der Waals surface area contributed by atoms with Crippen molar-refractivity contribution in [2.75, 3.05) is 19.8 Å². The van der Waals surface area contributed by atoms with E-state index in [9.17, 15) is 13.2 Å². The van der Waals surface area contributed by atoms with Crippen LogP contribution >= 0.6 is 12.4 Å². The molecule has 33 heavy (non-hydrogen) atoms. The third kappa shape index (κ3) is 6.14. The van der Waals surface area contributed by atoms with Crippen LogP contribution in [0.4, 0.5) is 13.2 Å². The third-order valence-electron chi connectivity index (χ3n) is 6.13. The standard InChI is InChI=1S/C25H30F3NO3.ClH/c1-17(2)32-22-10-9-20(30-16-25(26,27)28)13-21(22)19-14-24(31-15-19)11-6-12-29-23(24)18-7-4-3-5-8-18;/h3-5,7-10,13,17,19,23,29H,6,11-12,14-16H2,1-2H3;1H/t19-,23-,24+;/m0./s1. The van der Waals surface area contributed by atoms with E-state index in [0.29, 0.717) is 12.4 Å². The molecule has 0 bridgehead atoms. The van der Waals surface area contributed by atoms with Crippen molar-refractivity contribution in [1.82, 2.24) is 5.32 Å². The number of nitrogens with one attached hydrogen (secondary N) is 1. The lowest BCUT2D eigenvalue weighted by Crippen LogP contribution is -2.48. The molecule has 2 fully saturated rings. The Balaban J connectivity index is 0.00000306. The van der Waals surface area contributed by atoms with E-state index in [-0.39, 0.29) is 41.8 Å². The summed E-state index contributed by atoms with van der Waals surface area (Å²) in [6.45, 7) is 3.96. The second-order valence-corrected chi connectivity index (χ2v) is 8.95. The van der Waals surface area contributed by atoms with E-state index in [0.717, 1.165) is 31.4 Å². The van der Waals surface area contributed by atoms with Gasteiger partial charge in [0.05, 0.1) is 24.4 Å². The van der Waals surface area contributed by atoms with E-state index in [4.69, 9.17) is 14.2 Å². The van der Waals surface area contributed by atoms with Gasteiger partial charge in [0, 0.05) is 11.5 Å². The summed E-state index contributed by atoms with van der Waals surface area (Å²) in [5, 5.41) is 3.63. The SMILES string of the molecule is CC(C)Oc1ccc(OCC(F)(F)F)cc1[C@@H]1CO[C@]2(CCCN[C@H]2c2ccccc2)C1.Cl. The zero-order valence-corrected chi connectivity index (χ0v) is 19.7. The third-order valence-corrected chi connectivity index (χ3v) is 6.13. The maximum Gasteiger partial charge on any atom is 0.422 e. The molecule has 2 aliphatic rings. The smallest absolute Gasteiger partial charge is 0.422 e. The summed E-state index contributed by atoms with van der Waals surface area (Å²) in [6.07, 6.45) is -1.73. The number of ether oxygens (including phenoxy) is 3. The molecule has 0 unspecified atom stereocenters. The van der Waals surface area contributed by atoms with Gasteiger partial charge < -0.3 is 19.5 Å². The van der Waals surface area contributed by atoms with Gasteiger partial charge in [-0.3, -0.25) is 0 Å². The molecule has 2 saturated heterocycles. The van der Waals surface area contributed by atoms with Gasteiger partial charge >= 0.3 is 6.18 Å². The molecule has 182 valence electrons. The molecule has 0 radical (unpaired) electrons. The molecule has 1 N–H and O–H groups in total. The monoisotopic (exact) mass is 485 g/mol. The minimum absolute atomic E-state index is 0. The van der Waals surface area contributed by atoms with Gasteiger partial charge in [0.25, 0.3) is 0 Å². The Labute approximate surface area is 199 Å². The molecule has 0 aromatic heterocycles. The average Bonchev–Trinajstić information content (AvgIpc) is 3.17. The number of alkyl halides is 3. The molecule has 2 aromatic carbocycles. The second kappa shape index (κ2) is 10.5. The number of halogens is 4. The highest BCUT2D eigenvalue weighted by Gasteiger charge is 2.49. The highest BCUT2D eigenvalue weighted by atomic mass is 35.5. The number of hydrogen-bond donors (Lipinski definition) is 1. The number of benzene rings is 2. The molecule has 2 aliphatic heterocycles. The number of rotatable bonds is 6. The summed E-state index contributed by atoms with van der Waals surface area (Å²) >= 11 is 0. The summed E-state index contributed by atoms with van der Waals surface area (Å²) in [4.78, 5) is 0. The highest BCUT2D eigenvalue weighted by Crippen LogP contribution is 2.50. The van der Waals surface area contributed by atoms with Crippen LogP contribution in [0.15, 0.2) is 48.5 Å². The van der Waals surface area contributed by atoms with E-state index in [2.05, 4.69) is 17.4 Å². The topological polar surface area (TPSA) is 39.7 Å². The summed E-state index contributed by atoms with van der Waals surface area (Å²) in [6, 6.07) is 15.3. The summed E-state index contributed by atoms with van der Waals surface area (Å²) in [7, 11) is 0. The Bertz CT molecular complexity index is 910. The van der Waals surface area contributed by atoms with Crippen LogP contribution in [0.1, 0.15) is 56.2 Å². The average molecular weight is 486 g/mol.